The fourth-order valence-electron chi connectivity index (χ4n) is 3.61. The molecule has 0 aliphatic carbocycles. The van der Waals surface area contributed by atoms with Crippen LogP contribution in [0, 0.1) is 0 Å². The molecule has 3 rings (SSSR count). The summed E-state index contributed by atoms with van der Waals surface area (Å²) in [6, 6.07) is 16.1. The maximum absolute atomic E-state index is 13.3. The summed E-state index contributed by atoms with van der Waals surface area (Å²) in [6.07, 6.45) is 0.0238. The van der Waals surface area contributed by atoms with E-state index in [1.165, 1.54) is 4.90 Å². The summed E-state index contributed by atoms with van der Waals surface area (Å²) in [4.78, 5) is 29.1. The van der Waals surface area contributed by atoms with Crippen molar-refractivity contribution >= 4 is 12.0 Å². The number of methoxy groups -OCH3 is 1. The molecule has 1 heterocycles. The lowest BCUT2D eigenvalue weighted by Crippen LogP contribution is -2.52. The number of amides is 2. The van der Waals surface area contributed by atoms with E-state index in [1.807, 2.05) is 54.6 Å². The number of carbonyl (C=O) groups excluding carboxylic acids is 2. The Balaban J connectivity index is 1.72. The highest BCUT2D eigenvalue weighted by Gasteiger charge is 2.33. The highest BCUT2D eigenvalue weighted by Crippen LogP contribution is 2.19. The molecule has 0 saturated carbocycles. The van der Waals surface area contributed by atoms with E-state index in [4.69, 9.17) is 9.47 Å². The number of hydrogen-bond donors (Lipinski definition) is 0. The third kappa shape index (κ3) is 6.21. The van der Waals surface area contributed by atoms with Crippen molar-refractivity contribution in [3.05, 3.63) is 65.7 Å². The number of benzene rings is 2. The lowest BCUT2D eigenvalue weighted by atomic mass is 10.0. The number of ether oxygens (including phenoxy) is 2. The van der Waals surface area contributed by atoms with Crippen LogP contribution in [0.3, 0.4) is 0 Å². The monoisotopic (exact) mass is 425 g/mol. The molecule has 2 aromatic rings. The predicted molar refractivity (Wildman–Crippen MR) is 115 cm³/mol. The number of hydrogen-bond acceptors (Lipinski definition) is 4. The number of likely N-dealkylation sites (tertiary alicyclic amines) is 1. The van der Waals surface area contributed by atoms with E-state index in [-0.39, 0.29) is 12.5 Å². The molecule has 0 aromatic heterocycles. The SMILES string of the molecule is COc1ccc(CC(C(=O)N2CCC([O])CC2)N(C)C(=O)OCc2ccccc2)cc1. The van der Waals surface area contributed by atoms with Crippen LogP contribution in [0.4, 0.5) is 4.79 Å². The molecule has 165 valence electrons. The second kappa shape index (κ2) is 10.8. The van der Waals surface area contributed by atoms with Gasteiger partial charge in [0.1, 0.15) is 18.4 Å². The van der Waals surface area contributed by atoms with Crippen LogP contribution >= 0.6 is 0 Å². The van der Waals surface area contributed by atoms with E-state index in [2.05, 4.69) is 0 Å². The Hall–Kier alpha value is -3.06. The van der Waals surface area contributed by atoms with Gasteiger partial charge in [-0.05, 0) is 36.1 Å². The molecule has 2 aromatic carbocycles. The van der Waals surface area contributed by atoms with E-state index >= 15 is 0 Å². The number of rotatable bonds is 7. The summed E-state index contributed by atoms with van der Waals surface area (Å²) in [5.41, 5.74) is 1.78. The Morgan fingerprint density at radius 1 is 1.03 bits per heavy atom. The van der Waals surface area contributed by atoms with Gasteiger partial charge in [0.2, 0.25) is 5.91 Å². The Kier molecular flexibility index (Phi) is 7.89. The van der Waals surface area contributed by atoms with Gasteiger partial charge in [0.25, 0.3) is 0 Å². The molecule has 7 heteroatoms. The Labute approximate surface area is 183 Å². The minimum Gasteiger partial charge on any atom is -0.497 e. The van der Waals surface area contributed by atoms with Crippen molar-refractivity contribution in [2.24, 2.45) is 0 Å². The Bertz CT molecular complexity index is 848. The van der Waals surface area contributed by atoms with Gasteiger partial charge in [0, 0.05) is 26.6 Å². The molecule has 31 heavy (non-hydrogen) atoms. The number of carbonyl (C=O) groups is 2. The highest BCUT2D eigenvalue weighted by molar-refractivity contribution is 5.86. The van der Waals surface area contributed by atoms with Crippen molar-refractivity contribution in [1.82, 2.24) is 9.80 Å². The standard InChI is InChI=1S/C24H29N2O5/c1-25(24(29)31-17-19-6-4-3-5-7-19)22(16-18-8-10-21(30-2)11-9-18)23(28)26-14-12-20(27)13-15-26/h3-11,20,22H,12-17H2,1-2H3. The molecule has 1 aliphatic rings. The quantitative estimate of drug-likeness (QED) is 0.682. The lowest BCUT2D eigenvalue weighted by Gasteiger charge is -2.35. The normalized spacial score (nSPS) is 15.3. The molecular weight excluding hydrogens is 396 g/mol. The molecule has 2 amide bonds. The largest absolute Gasteiger partial charge is 0.497 e. The van der Waals surface area contributed by atoms with Crippen LogP contribution in [0.2, 0.25) is 0 Å². The van der Waals surface area contributed by atoms with Crippen LogP contribution in [-0.4, -0.2) is 61.2 Å². The first-order chi connectivity index (χ1) is 15.0. The third-order valence-corrected chi connectivity index (χ3v) is 5.59. The molecule has 1 fully saturated rings. The number of piperidine rings is 1. The molecular formula is C24H29N2O5. The van der Waals surface area contributed by atoms with Crippen LogP contribution in [0.5, 0.6) is 5.75 Å². The fourth-order valence-corrected chi connectivity index (χ4v) is 3.61. The second-order valence-electron chi connectivity index (χ2n) is 7.74. The Morgan fingerprint density at radius 2 is 1.68 bits per heavy atom. The minimum absolute atomic E-state index is 0.134. The first kappa shape index (κ1) is 22.6. The maximum Gasteiger partial charge on any atom is 0.410 e. The zero-order valence-electron chi connectivity index (χ0n) is 18.0. The van der Waals surface area contributed by atoms with Crippen LogP contribution in [0.25, 0.3) is 0 Å². The molecule has 1 atom stereocenters. The summed E-state index contributed by atoms with van der Waals surface area (Å²) in [5.74, 6) is 0.557. The summed E-state index contributed by atoms with van der Waals surface area (Å²) in [6.45, 7) is 0.965. The number of likely N-dealkylation sites (N-methyl/N-ethyl adjacent to an activating group) is 1. The smallest absolute Gasteiger partial charge is 0.410 e. The molecule has 0 N–H and O–H groups in total. The zero-order chi connectivity index (χ0) is 22.2. The summed E-state index contributed by atoms with van der Waals surface area (Å²) < 4.78 is 10.6. The minimum atomic E-state index is -0.722. The highest BCUT2D eigenvalue weighted by atomic mass is 16.6. The van der Waals surface area contributed by atoms with Gasteiger partial charge < -0.3 is 14.4 Å². The first-order valence-corrected chi connectivity index (χ1v) is 10.5. The second-order valence-corrected chi connectivity index (χ2v) is 7.74. The number of nitrogens with zero attached hydrogens (tertiary/aromatic N) is 2. The van der Waals surface area contributed by atoms with Gasteiger partial charge in [-0.15, -0.1) is 0 Å². The first-order valence-electron chi connectivity index (χ1n) is 10.5. The van der Waals surface area contributed by atoms with Crippen molar-refractivity contribution in [2.75, 3.05) is 27.2 Å². The van der Waals surface area contributed by atoms with E-state index in [0.29, 0.717) is 32.4 Å². The van der Waals surface area contributed by atoms with Crippen LogP contribution in [-0.2, 0) is 27.7 Å². The van der Waals surface area contributed by atoms with Gasteiger partial charge in [-0.3, -0.25) is 9.69 Å². The molecule has 1 unspecified atom stereocenters. The predicted octanol–water partition coefficient (Wildman–Crippen LogP) is 3.30. The van der Waals surface area contributed by atoms with Gasteiger partial charge in [0.15, 0.2) is 0 Å². The van der Waals surface area contributed by atoms with E-state index in [1.54, 1.807) is 19.1 Å². The van der Waals surface area contributed by atoms with Crippen LogP contribution in [0.15, 0.2) is 54.6 Å². The fraction of sp³-hybridized carbons (Fsp3) is 0.417. The molecule has 1 aliphatic heterocycles. The van der Waals surface area contributed by atoms with Crippen molar-refractivity contribution in [2.45, 2.75) is 38.0 Å². The molecule has 7 nitrogen and oxygen atoms in total. The zero-order valence-corrected chi connectivity index (χ0v) is 18.0. The van der Waals surface area contributed by atoms with Gasteiger partial charge in [-0.1, -0.05) is 42.5 Å². The van der Waals surface area contributed by atoms with E-state index in [0.717, 1.165) is 16.9 Å². The van der Waals surface area contributed by atoms with Gasteiger partial charge in [-0.2, -0.15) is 0 Å². The lowest BCUT2D eigenvalue weighted by molar-refractivity contribution is -0.138. The van der Waals surface area contributed by atoms with E-state index < -0.39 is 18.2 Å². The summed E-state index contributed by atoms with van der Waals surface area (Å²) >= 11 is 0. The summed E-state index contributed by atoms with van der Waals surface area (Å²) in [5, 5.41) is 11.7. The average molecular weight is 426 g/mol. The van der Waals surface area contributed by atoms with E-state index in [9.17, 15) is 14.7 Å². The van der Waals surface area contributed by atoms with Crippen LogP contribution in [0.1, 0.15) is 24.0 Å². The van der Waals surface area contributed by atoms with Gasteiger partial charge in [0.05, 0.1) is 13.2 Å². The van der Waals surface area contributed by atoms with Crippen molar-refractivity contribution in [3.63, 3.8) is 0 Å². The summed E-state index contributed by atoms with van der Waals surface area (Å²) in [7, 11) is 3.18. The van der Waals surface area contributed by atoms with Gasteiger partial charge >= 0.3 is 6.09 Å². The van der Waals surface area contributed by atoms with Crippen molar-refractivity contribution in [1.29, 1.82) is 0 Å². The topological polar surface area (TPSA) is 79.0 Å². The molecule has 0 spiro atoms. The molecule has 1 saturated heterocycles. The maximum atomic E-state index is 13.3. The average Bonchev–Trinajstić information content (AvgIpc) is 2.81. The van der Waals surface area contributed by atoms with Crippen molar-refractivity contribution < 1.29 is 24.2 Å². The van der Waals surface area contributed by atoms with Crippen LogP contribution < -0.4 is 4.74 Å². The Morgan fingerprint density at radius 3 is 2.29 bits per heavy atom. The van der Waals surface area contributed by atoms with Crippen molar-refractivity contribution in [3.8, 4) is 5.75 Å². The third-order valence-electron chi connectivity index (χ3n) is 5.59. The molecule has 1 radical (unpaired) electrons. The van der Waals surface area contributed by atoms with Gasteiger partial charge in [-0.25, -0.2) is 9.90 Å². The molecule has 0 bridgehead atoms.